The summed E-state index contributed by atoms with van der Waals surface area (Å²) in [6.07, 6.45) is 4.41. The zero-order valence-corrected chi connectivity index (χ0v) is 18.0. The van der Waals surface area contributed by atoms with Gasteiger partial charge in [0.2, 0.25) is 0 Å². The Bertz CT molecular complexity index is 465. The topological polar surface area (TPSA) is 60.0 Å². The first kappa shape index (κ1) is 21.6. The molecule has 0 spiro atoms. The van der Waals surface area contributed by atoms with Crippen LogP contribution in [0.5, 0.6) is 0 Å². The van der Waals surface area contributed by atoms with Gasteiger partial charge in [-0.05, 0) is 32.2 Å². The summed E-state index contributed by atoms with van der Waals surface area (Å²) in [6.45, 7) is 11.1. The van der Waals surface area contributed by atoms with E-state index < -0.39 is 10.8 Å². The molecule has 1 saturated carbocycles. The number of hydrogen-bond donors (Lipinski definition) is 2. The zero-order valence-electron chi connectivity index (χ0n) is 17.2. The normalized spacial score (nSPS) is 28.5. The van der Waals surface area contributed by atoms with Crippen molar-refractivity contribution in [2.75, 3.05) is 59.1 Å². The minimum atomic E-state index is -0.678. The number of guanidine groups is 1. The summed E-state index contributed by atoms with van der Waals surface area (Å²) in [4.78, 5) is 9.36. The van der Waals surface area contributed by atoms with E-state index in [1.165, 1.54) is 26.2 Å². The standard InChI is InChI=1S/C19H39N5OS/c1-5-26(25)18-8-6-7-17(13-18)22-19(20-3)21-14-16(2)15-24-11-9-23(4)10-12-24/h16-18H,5-15H2,1-4H3,(H2,20,21,22). The predicted octanol–water partition coefficient (Wildman–Crippen LogP) is 1.11. The summed E-state index contributed by atoms with van der Waals surface area (Å²) < 4.78 is 12.1. The quantitative estimate of drug-likeness (QED) is 0.508. The highest BCUT2D eigenvalue weighted by Gasteiger charge is 2.26. The van der Waals surface area contributed by atoms with Crippen molar-refractivity contribution in [3.8, 4) is 0 Å². The van der Waals surface area contributed by atoms with Gasteiger partial charge in [-0.25, -0.2) is 0 Å². The molecule has 1 saturated heterocycles. The van der Waals surface area contributed by atoms with Crippen LogP contribution in [0.1, 0.15) is 39.5 Å². The molecular weight excluding hydrogens is 346 g/mol. The lowest BCUT2D eigenvalue weighted by Gasteiger charge is -2.34. The van der Waals surface area contributed by atoms with E-state index >= 15 is 0 Å². The van der Waals surface area contributed by atoms with Gasteiger partial charge in [-0.15, -0.1) is 0 Å². The Kier molecular flexibility index (Phi) is 9.36. The lowest BCUT2D eigenvalue weighted by Crippen LogP contribution is -2.49. The molecular formula is C19H39N5OS. The Balaban J connectivity index is 1.70. The Hall–Kier alpha value is -0.660. The van der Waals surface area contributed by atoms with Gasteiger partial charge in [0.1, 0.15) is 0 Å². The largest absolute Gasteiger partial charge is 0.356 e. The van der Waals surface area contributed by atoms with Gasteiger partial charge in [-0.2, -0.15) is 0 Å². The van der Waals surface area contributed by atoms with Crippen molar-refractivity contribution in [1.29, 1.82) is 0 Å². The Morgan fingerprint density at radius 3 is 2.65 bits per heavy atom. The smallest absolute Gasteiger partial charge is 0.191 e. The SMILES string of the molecule is CCS(=O)C1CCCC(NC(=NC)NCC(C)CN2CCN(C)CC2)C1. The van der Waals surface area contributed by atoms with E-state index in [2.05, 4.69) is 39.4 Å². The molecule has 1 aliphatic heterocycles. The number of hydrogen-bond acceptors (Lipinski definition) is 4. The van der Waals surface area contributed by atoms with Gasteiger partial charge in [-0.3, -0.25) is 9.20 Å². The van der Waals surface area contributed by atoms with Gasteiger partial charge in [0.25, 0.3) is 0 Å². The van der Waals surface area contributed by atoms with Crippen LogP contribution in [0.3, 0.4) is 0 Å². The summed E-state index contributed by atoms with van der Waals surface area (Å²) >= 11 is 0. The van der Waals surface area contributed by atoms with Gasteiger partial charge in [-0.1, -0.05) is 20.3 Å². The molecule has 4 atom stereocenters. The second kappa shape index (κ2) is 11.2. The van der Waals surface area contributed by atoms with E-state index in [1.54, 1.807) is 0 Å². The van der Waals surface area contributed by atoms with Crippen molar-refractivity contribution in [3.05, 3.63) is 0 Å². The monoisotopic (exact) mass is 385 g/mol. The predicted molar refractivity (Wildman–Crippen MR) is 112 cm³/mol. The Morgan fingerprint density at radius 1 is 1.27 bits per heavy atom. The fraction of sp³-hybridized carbons (Fsp3) is 0.947. The third kappa shape index (κ3) is 7.16. The molecule has 0 aromatic heterocycles. The zero-order chi connectivity index (χ0) is 18.9. The lowest BCUT2D eigenvalue weighted by molar-refractivity contribution is 0.139. The minimum Gasteiger partial charge on any atom is -0.356 e. The highest BCUT2D eigenvalue weighted by molar-refractivity contribution is 7.85. The summed E-state index contributed by atoms with van der Waals surface area (Å²) in [6, 6.07) is 0.392. The van der Waals surface area contributed by atoms with E-state index in [0.717, 1.165) is 50.5 Å². The summed E-state index contributed by atoms with van der Waals surface area (Å²) in [5.41, 5.74) is 0. The molecule has 26 heavy (non-hydrogen) atoms. The minimum absolute atomic E-state index is 0.348. The van der Waals surface area contributed by atoms with Crippen LogP contribution >= 0.6 is 0 Å². The molecule has 2 fully saturated rings. The third-order valence-electron chi connectivity index (χ3n) is 5.63. The maximum absolute atomic E-state index is 12.1. The molecule has 0 aromatic rings. The first-order valence-electron chi connectivity index (χ1n) is 10.3. The van der Waals surface area contributed by atoms with Crippen LogP contribution in [-0.2, 0) is 10.8 Å². The molecule has 0 bridgehead atoms. The molecule has 2 N–H and O–H groups in total. The highest BCUT2D eigenvalue weighted by Crippen LogP contribution is 2.22. The van der Waals surface area contributed by atoms with Gasteiger partial charge in [0.15, 0.2) is 5.96 Å². The number of likely N-dealkylation sites (N-methyl/N-ethyl adjacent to an activating group) is 1. The maximum atomic E-state index is 12.1. The van der Waals surface area contributed by atoms with Crippen molar-refractivity contribution in [2.45, 2.75) is 50.8 Å². The van der Waals surface area contributed by atoms with Crippen LogP contribution in [-0.4, -0.2) is 90.4 Å². The van der Waals surface area contributed by atoms with Crippen molar-refractivity contribution >= 4 is 16.8 Å². The maximum Gasteiger partial charge on any atom is 0.191 e. The summed E-state index contributed by atoms with van der Waals surface area (Å²) in [5, 5.41) is 7.41. The number of aliphatic imine (C=N–C) groups is 1. The third-order valence-corrected chi connectivity index (χ3v) is 7.37. The second-order valence-electron chi connectivity index (χ2n) is 7.96. The second-order valence-corrected chi connectivity index (χ2v) is 9.97. The van der Waals surface area contributed by atoms with Crippen LogP contribution in [0, 0.1) is 5.92 Å². The molecule has 152 valence electrons. The van der Waals surface area contributed by atoms with Crippen LogP contribution in [0.25, 0.3) is 0 Å². The van der Waals surface area contributed by atoms with Crippen LogP contribution < -0.4 is 10.6 Å². The van der Waals surface area contributed by atoms with E-state index in [4.69, 9.17) is 0 Å². The van der Waals surface area contributed by atoms with Crippen molar-refractivity contribution < 1.29 is 4.21 Å². The van der Waals surface area contributed by atoms with Crippen LogP contribution in [0.2, 0.25) is 0 Å². The van der Waals surface area contributed by atoms with E-state index in [0.29, 0.717) is 17.2 Å². The van der Waals surface area contributed by atoms with Gasteiger partial charge in [0.05, 0.1) is 0 Å². The summed E-state index contributed by atoms with van der Waals surface area (Å²) in [7, 11) is 3.36. The van der Waals surface area contributed by atoms with Gasteiger partial charge >= 0.3 is 0 Å². The first-order chi connectivity index (χ1) is 12.5. The van der Waals surface area contributed by atoms with Crippen molar-refractivity contribution in [3.63, 3.8) is 0 Å². The molecule has 1 heterocycles. The van der Waals surface area contributed by atoms with Crippen molar-refractivity contribution in [1.82, 2.24) is 20.4 Å². The van der Waals surface area contributed by atoms with E-state index in [1.807, 2.05) is 14.0 Å². The number of nitrogens with one attached hydrogen (secondary N) is 2. The average molecular weight is 386 g/mol. The number of nitrogens with zero attached hydrogens (tertiary/aromatic N) is 3. The van der Waals surface area contributed by atoms with Gasteiger partial charge in [0, 0.05) is 74.2 Å². The molecule has 0 aromatic carbocycles. The molecule has 2 aliphatic rings. The Labute approximate surface area is 162 Å². The van der Waals surface area contributed by atoms with Crippen molar-refractivity contribution in [2.24, 2.45) is 10.9 Å². The first-order valence-corrected chi connectivity index (χ1v) is 11.6. The van der Waals surface area contributed by atoms with Crippen LogP contribution in [0.4, 0.5) is 0 Å². The molecule has 2 rings (SSSR count). The highest BCUT2D eigenvalue weighted by atomic mass is 32.2. The molecule has 1 aliphatic carbocycles. The van der Waals surface area contributed by atoms with Crippen LogP contribution in [0.15, 0.2) is 4.99 Å². The number of piperazine rings is 1. The molecule has 0 amide bonds. The summed E-state index contributed by atoms with van der Waals surface area (Å²) in [5.74, 6) is 2.25. The molecule has 4 unspecified atom stereocenters. The van der Waals surface area contributed by atoms with E-state index in [9.17, 15) is 4.21 Å². The fourth-order valence-electron chi connectivity index (χ4n) is 3.95. The fourth-order valence-corrected chi connectivity index (χ4v) is 5.29. The van der Waals surface area contributed by atoms with Gasteiger partial charge < -0.3 is 20.4 Å². The van der Waals surface area contributed by atoms with E-state index in [-0.39, 0.29) is 0 Å². The molecule has 7 heteroatoms. The molecule has 6 nitrogen and oxygen atoms in total. The lowest BCUT2D eigenvalue weighted by atomic mass is 9.95. The Morgan fingerprint density at radius 2 is 2.00 bits per heavy atom. The average Bonchev–Trinajstić information content (AvgIpc) is 2.66. The number of rotatable bonds is 7. The molecule has 0 radical (unpaired) electrons.